The number of rotatable bonds is 8. The molecule has 2 aromatic rings. The second kappa shape index (κ2) is 8.75. The number of primary amides is 1. The van der Waals surface area contributed by atoms with E-state index in [-0.39, 0.29) is 22.4 Å². The van der Waals surface area contributed by atoms with Crippen molar-refractivity contribution in [2.75, 3.05) is 4.72 Å². The first-order valence-electron chi connectivity index (χ1n) is 8.58. The summed E-state index contributed by atoms with van der Waals surface area (Å²) < 4.78 is 32.9. The maximum atomic E-state index is 12.5. The predicted octanol–water partition coefficient (Wildman–Crippen LogP) is 1.88. The van der Waals surface area contributed by atoms with E-state index in [1.165, 1.54) is 48.5 Å². The molecule has 0 saturated heterocycles. The average Bonchev–Trinajstić information content (AvgIpc) is 2.61. The van der Waals surface area contributed by atoms with Crippen molar-refractivity contribution >= 4 is 27.5 Å². The van der Waals surface area contributed by atoms with Gasteiger partial charge in [0.05, 0.1) is 4.90 Å². The number of hydrogen-bond acceptors (Lipinski definition) is 5. The Morgan fingerprint density at radius 1 is 0.964 bits per heavy atom. The summed E-state index contributed by atoms with van der Waals surface area (Å²) in [5.74, 6) is -0.481. The highest BCUT2D eigenvalue weighted by molar-refractivity contribution is 7.92. The van der Waals surface area contributed by atoms with Crippen molar-refractivity contribution in [2.45, 2.75) is 37.8 Å². The Morgan fingerprint density at radius 2 is 1.54 bits per heavy atom. The number of ether oxygens (including phenoxy) is 1. The van der Waals surface area contributed by atoms with Crippen molar-refractivity contribution < 1.29 is 22.7 Å². The van der Waals surface area contributed by atoms with Crippen molar-refractivity contribution in [2.24, 2.45) is 5.73 Å². The summed E-state index contributed by atoms with van der Waals surface area (Å²) in [6, 6.07) is 11.5. The lowest BCUT2D eigenvalue weighted by molar-refractivity contribution is -0.127. The van der Waals surface area contributed by atoms with Gasteiger partial charge in [0, 0.05) is 17.3 Å². The van der Waals surface area contributed by atoms with Crippen LogP contribution in [0.25, 0.3) is 0 Å². The predicted molar refractivity (Wildman–Crippen MR) is 106 cm³/mol. The summed E-state index contributed by atoms with van der Waals surface area (Å²) in [6.07, 6.45) is -0.716. The lowest BCUT2D eigenvalue weighted by atomic mass is 10.2. The molecule has 0 radical (unpaired) electrons. The minimum atomic E-state index is -3.82. The number of carbonyl (C=O) groups excluding carboxylic acids is 2. The molecule has 0 saturated carbocycles. The third-order valence-electron chi connectivity index (χ3n) is 3.67. The average molecular weight is 405 g/mol. The van der Waals surface area contributed by atoms with Crippen LogP contribution in [0.4, 0.5) is 5.69 Å². The first-order valence-corrected chi connectivity index (χ1v) is 10.1. The highest BCUT2D eigenvalue weighted by Gasteiger charge is 2.17. The van der Waals surface area contributed by atoms with E-state index < -0.39 is 22.0 Å². The number of benzene rings is 2. The van der Waals surface area contributed by atoms with Crippen LogP contribution in [-0.2, 0) is 14.8 Å². The summed E-state index contributed by atoms with van der Waals surface area (Å²) in [4.78, 5) is 23.0. The van der Waals surface area contributed by atoms with Gasteiger partial charge < -0.3 is 15.8 Å². The van der Waals surface area contributed by atoms with Crippen LogP contribution in [0.5, 0.6) is 5.75 Å². The topological polar surface area (TPSA) is 128 Å². The molecule has 1 atom stereocenters. The standard InChI is InChI=1S/C19H23N3O5S/c1-12(2)21-19(24)13(3)27-16-8-10-17(11-9-16)28(25,26)22-15-6-4-14(5-7-15)18(20)23/h4-13,22H,1-3H3,(H2,20,23)(H,21,24)/t13-/m1/s1. The molecule has 0 spiro atoms. The Balaban J connectivity index is 2.06. The van der Waals surface area contributed by atoms with Crippen LogP contribution in [-0.4, -0.2) is 32.4 Å². The van der Waals surface area contributed by atoms with Gasteiger partial charge in [-0.05, 0) is 69.3 Å². The minimum absolute atomic E-state index is 0.00539. The third-order valence-corrected chi connectivity index (χ3v) is 5.07. The summed E-state index contributed by atoms with van der Waals surface area (Å²) >= 11 is 0. The zero-order chi connectivity index (χ0) is 20.9. The number of nitrogens with one attached hydrogen (secondary N) is 2. The molecule has 0 aromatic heterocycles. The zero-order valence-corrected chi connectivity index (χ0v) is 16.6. The second-order valence-corrected chi connectivity index (χ2v) is 8.12. The van der Waals surface area contributed by atoms with Crippen LogP contribution in [0, 0.1) is 0 Å². The monoisotopic (exact) mass is 405 g/mol. The van der Waals surface area contributed by atoms with E-state index in [4.69, 9.17) is 10.5 Å². The largest absolute Gasteiger partial charge is 0.481 e. The van der Waals surface area contributed by atoms with Gasteiger partial charge in [-0.25, -0.2) is 8.42 Å². The fraction of sp³-hybridized carbons (Fsp3) is 0.263. The molecule has 0 bridgehead atoms. The van der Waals surface area contributed by atoms with E-state index in [2.05, 4.69) is 10.0 Å². The van der Waals surface area contributed by atoms with Gasteiger partial charge in [0.2, 0.25) is 5.91 Å². The molecule has 9 heteroatoms. The molecule has 0 heterocycles. The van der Waals surface area contributed by atoms with Gasteiger partial charge in [-0.15, -0.1) is 0 Å². The van der Waals surface area contributed by atoms with E-state index >= 15 is 0 Å². The van der Waals surface area contributed by atoms with Crippen LogP contribution < -0.4 is 20.5 Å². The molecule has 2 amide bonds. The van der Waals surface area contributed by atoms with Gasteiger partial charge in [-0.3, -0.25) is 14.3 Å². The van der Waals surface area contributed by atoms with E-state index in [0.717, 1.165) is 0 Å². The zero-order valence-electron chi connectivity index (χ0n) is 15.8. The molecule has 150 valence electrons. The molecule has 2 rings (SSSR count). The molecule has 4 N–H and O–H groups in total. The van der Waals surface area contributed by atoms with E-state index in [0.29, 0.717) is 11.4 Å². The molecular formula is C19H23N3O5S. The second-order valence-electron chi connectivity index (χ2n) is 6.44. The van der Waals surface area contributed by atoms with Gasteiger partial charge in [-0.2, -0.15) is 0 Å². The third kappa shape index (κ3) is 5.71. The van der Waals surface area contributed by atoms with Gasteiger partial charge >= 0.3 is 0 Å². The first-order chi connectivity index (χ1) is 13.1. The highest BCUT2D eigenvalue weighted by atomic mass is 32.2. The van der Waals surface area contributed by atoms with E-state index in [1.54, 1.807) is 6.92 Å². The Bertz CT molecular complexity index is 939. The molecule has 0 fully saturated rings. The molecule has 0 aliphatic rings. The van der Waals surface area contributed by atoms with Crippen LogP contribution in [0.3, 0.4) is 0 Å². The van der Waals surface area contributed by atoms with Crippen molar-refractivity contribution in [3.05, 3.63) is 54.1 Å². The molecule has 0 aliphatic carbocycles. The number of amides is 2. The Kier molecular flexibility index (Phi) is 6.63. The fourth-order valence-electron chi connectivity index (χ4n) is 2.27. The van der Waals surface area contributed by atoms with Crippen molar-refractivity contribution in [3.63, 3.8) is 0 Å². The lowest BCUT2D eigenvalue weighted by Gasteiger charge is -2.16. The summed E-state index contributed by atoms with van der Waals surface area (Å²) in [6.45, 7) is 5.30. The van der Waals surface area contributed by atoms with Gasteiger partial charge in [0.25, 0.3) is 15.9 Å². The Labute approximate surface area is 164 Å². The number of hydrogen-bond donors (Lipinski definition) is 3. The summed E-state index contributed by atoms with van der Waals surface area (Å²) in [5, 5.41) is 2.74. The smallest absolute Gasteiger partial charge is 0.261 e. The SMILES string of the molecule is CC(C)NC(=O)[C@@H](C)Oc1ccc(S(=O)(=O)Nc2ccc(C(N)=O)cc2)cc1. The molecule has 2 aromatic carbocycles. The fourth-order valence-corrected chi connectivity index (χ4v) is 3.33. The Hall–Kier alpha value is -3.07. The lowest BCUT2D eigenvalue weighted by Crippen LogP contribution is -2.40. The van der Waals surface area contributed by atoms with Gasteiger partial charge in [0.1, 0.15) is 5.75 Å². The molecule has 28 heavy (non-hydrogen) atoms. The maximum Gasteiger partial charge on any atom is 0.261 e. The quantitative estimate of drug-likeness (QED) is 0.618. The van der Waals surface area contributed by atoms with Crippen molar-refractivity contribution in [1.29, 1.82) is 0 Å². The number of sulfonamides is 1. The number of anilines is 1. The van der Waals surface area contributed by atoms with Gasteiger partial charge in [-0.1, -0.05) is 0 Å². The summed E-state index contributed by atoms with van der Waals surface area (Å²) in [7, 11) is -3.82. The number of nitrogens with two attached hydrogens (primary N) is 1. The van der Waals surface area contributed by atoms with Crippen LogP contribution in [0.1, 0.15) is 31.1 Å². The Morgan fingerprint density at radius 3 is 2.04 bits per heavy atom. The molecule has 0 aliphatic heterocycles. The van der Waals surface area contributed by atoms with E-state index in [9.17, 15) is 18.0 Å². The van der Waals surface area contributed by atoms with Crippen LogP contribution in [0.15, 0.2) is 53.4 Å². The molecular weight excluding hydrogens is 382 g/mol. The molecule has 0 unspecified atom stereocenters. The first kappa shape index (κ1) is 21.2. The van der Waals surface area contributed by atoms with Gasteiger partial charge in [0.15, 0.2) is 6.10 Å². The van der Waals surface area contributed by atoms with Crippen molar-refractivity contribution in [1.82, 2.24) is 5.32 Å². The van der Waals surface area contributed by atoms with Crippen LogP contribution in [0.2, 0.25) is 0 Å². The van der Waals surface area contributed by atoms with Crippen molar-refractivity contribution in [3.8, 4) is 5.75 Å². The maximum absolute atomic E-state index is 12.5. The van der Waals surface area contributed by atoms with E-state index in [1.807, 2.05) is 13.8 Å². The van der Waals surface area contributed by atoms with Crippen LogP contribution >= 0.6 is 0 Å². The minimum Gasteiger partial charge on any atom is -0.481 e. The normalized spacial score (nSPS) is 12.3. The highest BCUT2D eigenvalue weighted by Crippen LogP contribution is 2.20. The summed E-state index contributed by atoms with van der Waals surface area (Å²) in [5.41, 5.74) is 5.73. The molecule has 8 nitrogen and oxygen atoms in total. The number of carbonyl (C=O) groups is 2.